The average molecular weight is 319 g/mol. The van der Waals surface area contributed by atoms with Crippen LogP contribution in [0.2, 0.25) is 5.02 Å². The van der Waals surface area contributed by atoms with Gasteiger partial charge in [0, 0.05) is 16.7 Å². The molecule has 0 spiro atoms. The Labute approximate surface area is 113 Å². The molecule has 0 aliphatic heterocycles. The molecule has 1 aliphatic rings. The molecule has 0 saturated heterocycles. The predicted molar refractivity (Wildman–Crippen MR) is 71.2 cm³/mol. The van der Waals surface area contributed by atoms with Gasteiger partial charge in [0.2, 0.25) is 5.91 Å². The molecule has 1 fully saturated rings. The molecule has 1 aliphatic carbocycles. The van der Waals surface area contributed by atoms with Gasteiger partial charge in [-0.2, -0.15) is 0 Å². The Bertz CT molecular complexity index is 437. The highest BCUT2D eigenvalue weighted by molar-refractivity contribution is 9.10. The standard InChI is InChI=1S/C11H13BrClN3O/c1-6(11(17)16-8-2-3-8)15-10-9(13)4-7(12)5-14-10/h4-6,8H,2-3H2,1H3,(H,14,15)(H,16,17). The Morgan fingerprint density at radius 3 is 2.94 bits per heavy atom. The van der Waals surface area contributed by atoms with Gasteiger partial charge < -0.3 is 10.6 Å². The van der Waals surface area contributed by atoms with Crippen molar-refractivity contribution in [3.63, 3.8) is 0 Å². The predicted octanol–water partition coefficient (Wildman–Crippen LogP) is 2.58. The molecular formula is C11H13BrClN3O. The minimum Gasteiger partial charge on any atom is -0.357 e. The first-order valence-electron chi connectivity index (χ1n) is 5.44. The fourth-order valence-electron chi connectivity index (χ4n) is 1.35. The van der Waals surface area contributed by atoms with Crippen molar-refractivity contribution in [1.82, 2.24) is 10.3 Å². The van der Waals surface area contributed by atoms with E-state index in [9.17, 15) is 4.79 Å². The number of aromatic nitrogens is 1. The first-order chi connectivity index (χ1) is 8.06. The van der Waals surface area contributed by atoms with Crippen molar-refractivity contribution < 1.29 is 4.79 Å². The lowest BCUT2D eigenvalue weighted by Gasteiger charge is -2.15. The maximum atomic E-state index is 11.7. The maximum absolute atomic E-state index is 11.7. The summed E-state index contributed by atoms with van der Waals surface area (Å²) in [6.45, 7) is 1.79. The van der Waals surface area contributed by atoms with Gasteiger partial charge in [0.05, 0.1) is 5.02 Å². The lowest BCUT2D eigenvalue weighted by atomic mass is 10.3. The van der Waals surface area contributed by atoms with E-state index >= 15 is 0 Å². The molecule has 1 heterocycles. The summed E-state index contributed by atoms with van der Waals surface area (Å²) in [7, 11) is 0. The molecule has 0 aromatic carbocycles. The molecule has 0 radical (unpaired) electrons. The van der Waals surface area contributed by atoms with Crippen LogP contribution < -0.4 is 10.6 Å². The first-order valence-corrected chi connectivity index (χ1v) is 6.61. The molecule has 1 amide bonds. The van der Waals surface area contributed by atoms with E-state index in [0.717, 1.165) is 17.3 Å². The molecule has 1 atom stereocenters. The number of hydrogen-bond acceptors (Lipinski definition) is 3. The number of carbonyl (C=O) groups is 1. The van der Waals surface area contributed by atoms with E-state index in [1.807, 2.05) is 0 Å². The number of anilines is 1. The number of carbonyl (C=O) groups excluding carboxylic acids is 1. The lowest BCUT2D eigenvalue weighted by molar-refractivity contribution is -0.121. The van der Waals surface area contributed by atoms with Gasteiger partial charge in [0.15, 0.2) is 0 Å². The Kier molecular flexibility index (Phi) is 3.89. The molecule has 1 aromatic heterocycles. The fraction of sp³-hybridized carbons (Fsp3) is 0.455. The zero-order valence-corrected chi connectivity index (χ0v) is 11.7. The highest BCUT2D eigenvalue weighted by atomic mass is 79.9. The van der Waals surface area contributed by atoms with Crippen LogP contribution in [0.3, 0.4) is 0 Å². The van der Waals surface area contributed by atoms with Crippen LogP contribution in [0.4, 0.5) is 5.82 Å². The Morgan fingerprint density at radius 1 is 1.65 bits per heavy atom. The maximum Gasteiger partial charge on any atom is 0.242 e. The molecule has 2 N–H and O–H groups in total. The van der Waals surface area contributed by atoms with Crippen molar-refractivity contribution in [2.45, 2.75) is 31.8 Å². The second kappa shape index (κ2) is 5.23. The summed E-state index contributed by atoms with van der Waals surface area (Å²) in [5, 5.41) is 6.41. The summed E-state index contributed by atoms with van der Waals surface area (Å²) >= 11 is 9.29. The lowest BCUT2D eigenvalue weighted by Crippen LogP contribution is -2.38. The zero-order chi connectivity index (χ0) is 12.4. The highest BCUT2D eigenvalue weighted by Crippen LogP contribution is 2.23. The summed E-state index contributed by atoms with van der Waals surface area (Å²) in [5.74, 6) is 0.501. The third-order valence-corrected chi connectivity index (χ3v) is 3.20. The normalized spacial score (nSPS) is 16.4. The van der Waals surface area contributed by atoms with Gasteiger partial charge >= 0.3 is 0 Å². The molecule has 0 bridgehead atoms. The van der Waals surface area contributed by atoms with Crippen molar-refractivity contribution >= 4 is 39.3 Å². The zero-order valence-electron chi connectivity index (χ0n) is 9.34. The Hall–Kier alpha value is -0.810. The number of nitrogens with one attached hydrogen (secondary N) is 2. The Morgan fingerprint density at radius 2 is 2.35 bits per heavy atom. The van der Waals surface area contributed by atoms with Crippen molar-refractivity contribution in [2.24, 2.45) is 0 Å². The van der Waals surface area contributed by atoms with Crippen LogP contribution >= 0.6 is 27.5 Å². The van der Waals surface area contributed by atoms with Gasteiger partial charge in [-0.25, -0.2) is 4.98 Å². The molecule has 4 nitrogen and oxygen atoms in total. The molecule has 6 heteroatoms. The van der Waals surface area contributed by atoms with E-state index in [0.29, 0.717) is 16.9 Å². The molecule has 92 valence electrons. The van der Waals surface area contributed by atoms with E-state index in [1.165, 1.54) is 0 Å². The van der Waals surface area contributed by atoms with Crippen LogP contribution in [0.1, 0.15) is 19.8 Å². The van der Waals surface area contributed by atoms with Gasteiger partial charge in [0.25, 0.3) is 0 Å². The largest absolute Gasteiger partial charge is 0.357 e. The van der Waals surface area contributed by atoms with Gasteiger partial charge in [-0.15, -0.1) is 0 Å². The van der Waals surface area contributed by atoms with Crippen LogP contribution in [0.15, 0.2) is 16.7 Å². The minimum absolute atomic E-state index is 0.0201. The number of hydrogen-bond donors (Lipinski definition) is 2. The molecule has 1 saturated carbocycles. The number of amides is 1. The van der Waals surface area contributed by atoms with E-state index in [2.05, 4.69) is 31.5 Å². The van der Waals surface area contributed by atoms with Crippen LogP contribution in [-0.2, 0) is 4.79 Å². The summed E-state index contributed by atoms with van der Waals surface area (Å²) < 4.78 is 0.808. The van der Waals surface area contributed by atoms with E-state index in [4.69, 9.17) is 11.6 Å². The summed E-state index contributed by atoms with van der Waals surface area (Å²) in [4.78, 5) is 15.8. The second-order valence-corrected chi connectivity index (χ2v) is 5.46. The monoisotopic (exact) mass is 317 g/mol. The minimum atomic E-state index is -0.346. The molecule has 2 rings (SSSR count). The van der Waals surface area contributed by atoms with Crippen molar-refractivity contribution in [3.05, 3.63) is 21.8 Å². The van der Waals surface area contributed by atoms with Crippen LogP contribution in [0.25, 0.3) is 0 Å². The van der Waals surface area contributed by atoms with Crippen molar-refractivity contribution in [3.8, 4) is 0 Å². The SMILES string of the molecule is CC(Nc1ncc(Br)cc1Cl)C(=O)NC1CC1. The van der Waals surface area contributed by atoms with Crippen LogP contribution in [0, 0.1) is 0 Å². The van der Waals surface area contributed by atoms with Gasteiger partial charge in [-0.3, -0.25) is 4.79 Å². The first kappa shape index (κ1) is 12.6. The number of pyridine rings is 1. The smallest absolute Gasteiger partial charge is 0.242 e. The molecular weight excluding hydrogens is 305 g/mol. The topological polar surface area (TPSA) is 54.0 Å². The quantitative estimate of drug-likeness (QED) is 0.897. The Balaban J connectivity index is 1.96. The second-order valence-electron chi connectivity index (χ2n) is 4.13. The average Bonchev–Trinajstić information content (AvgIpc) is 3.06. The molecule has 1 unspecified atom stereocenters. The molecule has 17 heavy (non-hydrogen) atoms. The molecule has 1 aromatic rings. The summed E-state index contributed by atoms with van der Waals surface area (Å²) in [6, 6.07) is 1.75. The van der Waals surface area contributed by atoms with E-state index in [1.54, 1.807) is 19.2 Å². The summed E-state index contributed by atoms with van der Waals surface area (Å²) in [6.07, 6.45) is 3.80. The van der Waals surface area contributed by atoms with E-state index in [-0.39, 0.29) is 11.9 Å². The summed E-state index contributed by atoms with van der Waals surface area (Å²) in [5.41, 5.74) is 0. The number of rotatable bonds is 4. The number of halogens is 2. The van der Waals surface area contributed by atoms with E-state index < -0.39 is 0 Å². The number of nitrogens with zero attached hydrogens (tertiary/aromatic N) is 1. The third-order valence-electron chi connectivity index (χ3n) is 2.48. The van der Waals surface area contributed by atoms with Crippen LogP contribution in [0.5, 0.6) is 0 Å². The third kappa shape index (κ3) is 3.57. The fourth-order valence-corrected chi connectivity index (χ4v) is 2.03. The van der Waals surface area contributed by atoms with Gasteiger partial charge in [-0.05, 0) is 41.8 Å². The van der Waals surface area contributed by atoms with Crippen molar-refractivity contribution in [2.75, 3.05) is 5.32 Å². The van der Waals surface area contributed by atoms with Crippen LogP contribution in [-0.4, -0.2) is 23.0 Å². The van der Waals surface area contributed by atoms with Crippen molar-refractivity contribution in [1.29, 1.82) is 0 Å². The van der Waals surface area contributed by atoms with Gasteiger partial charge in [0.1, 0.15) is 11.9 Å². The van der Waals surface area contributed by atoms with Gasteiger partial charge in [-0.1, -0.05) is 11.6 Å². The highest BCUT2D eigenvalue weighted by Gasteiger charge is 2.25.